The number of ether oxygens (including phenoxy) is 1. The van der Waals surface area contributed by atoms with Gasteiger partial charge in [0.1, 0.15) is 0 Å². The fourth-order valence-electron chi connectivity index (χ4n) is 1.14. The molecule has 0 amide bonds. The van der Waals surface area contributed by atoms with E-state index in [1.807, 2.05) is 37.3 Å². The first-order chi connectivity index (χ1) is 6.99. The van der Waals surface area contributed by atoms with Gasteiger partial charge < -0.3 is 4.74 Å². The van der Waals surface area contributed by atoms with Gasteiger partial charge in [-0.1, -0.05) is 30.3 Å². The SMILES string of the molecule is CC(OCCS(=O)(=O)Cl)c1ccccc1. The predicted octanol–water partition coefficient (Wildman–Crippen LogP) is 2.33. The topological polar surface area (TPSA) is 43.4 Å². The standard InChI is InChI=1S/C10H13ClO3S/c1-9(10-5-3-2-4-6-10)14-7-8-15(11,12)13/h2-6,9H,7-8H2,1H3. The monoisotopic (exact) mass is 248 g/mol. The van der Waals surface area contributed by atoms with Crippen LogP contribution in [0.1, 0.15) is 18.6 Å². The molecule has 84 valence electrons. The van der Waals surface area contributed by atoms with Crippen molar-refractivity contribution in [2.45, 2.75) is 13.0 Å². The Labute approximate surface area is 94.4 Å². The highest BCUT2D eigenvalue weighted by Gasteiger charge is 2.08. The van der Waals surface area contributed by atoms with E-state index in [-0.39, 0.29) is 18.5 Å². The molecule has 0 spiro atoms. The van der Waals surface area contributed by atoms with Crippen LogP contribution in [-0.4, -0.2) is 20.8 Å². The minimum Gasteiger partial charge on any atom is -0.373 e. The molecule has 0 aromatic heterocycles. The zero-order valence-corrected chi connectivity index (χ0v) is 9.96. The van der Waals surface area contributed by atoms with Crippen LogP contribution in [0.2, 0.25) is 0 Å². The second-order valence-corrected chi connectivity index (χ2v) is 6.06. The van der Waals surface area contributed by atoms with Crippen LogP contribution in [0, 0.1) is 0 Å². The third kappa shape index (κ3) is 5.16. The van der Waals surface area contributed by atoms with Crippen molar-refractivity contribution >= 4 is 19.7 Å². The van der Waals surface area contributed by atoms with Gasteiger partial charge in [0.25, 0.3) is 0 Å². The Hall–Kier alpha value is -0.580. The molecule has 0 heterocycles. The van der Waals surface area contributed by atoms with Crippen LogP contribution in [0.3, 0.4) is 0 Å². The summed E-state index contributed by atoms with van der Waals surface area (Å²) in [5.41, 5.74) is 1.02. The third-order valence-corrected chi connectivity index (χ3v) is 3.08. The van der Waals surface area contributed by atoms with Gasteiger partial charge in [-0.2, -0.15) is 0 Å². The van der Waals surface area contributed by atoms with Crippen molar-refractivity contribution < 1.29 is 13.2 Å². The minimum atomic E-state index is -3.45. The fraction of sp³-hybridized carbons (Fsp3) is 0.400. The maximum atomic E-state index is 10.6. The van der Waals surface area contributed by atoms with Crippen molar-refractivity contribution in [3.05, 3.63) is 35.9 Å². The zero-order valence-electron chi connectivity index (χ0n) is 8.39. The molecule has 0 aliphatic carbocycles. The average molecular weight is 249 g/mol. The van der Waals surface area contributed by atoms with E-state index in [0.717, 1.165) is 5.56 Å². The summed E-state index contributed by atoms with van der Waals surface area (Å²) in [6.07, 6.45) is -0.121. The number of benzene rings is 1. The van der Waals surface area contributed by atoms with Crippen molar-refractivity contribution in [2.24, 2.45) is 0 Å². The molecule has 0 N–H and O–H groups in total. The van der Waals surface area contributed by atoms with Crippen LogP contribution in [-0.2, 0) is 13.8 Å². The van der Waals surface area contributed by atoms with E-state index in [1.165, 1.54) is 0 Å². The molecule has 0 bridgehead atoms. The Morgan fingerprint density at radius 3 is 2.47 bits per heavy atom. The summed E-state index contributed by atoms with van der Waals surface area (Å²) in [5.74, 6) is -0.161. The summed E-state index contributed by atoms with van der Waals surface area (Å²) in [6, 6.07) is 9.60. The molecule has 15 heavy (non-hydrogen) atoms. The molecule has 0 aliphatic rings. The molecular weight excluding hydrogens is 236 g/mol. The van der Waals surface area contributed by atoms with Gasteiger partial charge >= 0.3 is 0 Å². The minimum absolute atomic E-state index is 0.113. The summed E-state index contributed by atoms with van der Waals surface area (Å²) in [6.45, 7) is 1.98. The lowest BCUT2D eigenvalue weighted by atomic mass is 10.1. The van der Waals surface area contributed by atoms with Crippen LogP contribution in [0.25, 0.3) is 0 Å². The second-order valence-electron chi connectivity index (χ2n) is 3.17. The van der Waals surface area contributed by atoms with Crippen LogP contribution in [0.5, 0.6) is 0 Å². The Kier molecular flexibility index (Phi) is 4.57. The third-order valence-electron chi connectivity index (χ3n) is 1.96. The fourth-order valence-corrected chi connectivity index (χ4v) is 1.63. The summed E-state index contributed by atoms with van der Waals surface area (Å²) >= 11 is 0. The molecule has 0 saturated heterocycles. The van der Waals surface area contributed by atoms with E-state index < -0.39 is 9.05 Å². The van der Waals surface area contributed by atoms with E-state index in [9.17, 15) is 8.42 Å². The molecule has 0 radical (unpaired) electrons. The molecule has 1 aromatic rings. The normalized spacial score (nSPS) is 13.7. The van der Waals surface area contributed by atoms with Crippen LogP contribution in [0.15, 0.2) is 30.3 Å². The second kappa shape index (κ2) is 5.49. The zero-order chi connectivity index (χ0) is 11.3. The van der Waals surface area contributed by atoms with Gasteiger partial charge in [-0.05, 0) is 12.5 Å². The molecule has 0 saturated carbocycles. The van der Waals surface area contributed by atoms with Gasteiger partial charge in [0.05, 0.1) is 18.5 Å². The number of halogens is 1. The summed E-state index contributed by atoms with van der Waals surface area (Å²) in [5, 5.41) is 0. The van der Waals surface area contributed by atoms with E-state index in [4.69, 9.17) is 15.4 Å². The Balaban J connectivity index is 2.41. The first-order valence-electron chi connectivity index (χ1n) is 4.58. The van der Waals surface area contributed by atoms with Crippen molar-refractivity contribution in [2.75, 3.05) is 12.4 Å². The first kappa shape index (κ1) is 12.5. The predicted molar refractivity (Wildman–Crippen MR) is 60.4 cm³/mol. The van der Waals surface area contributed by atoms with Crippen molar-refractivity contribution in [1.29, 1.82) is 0 Å². The van der Waals surface area contributed by atoms with Gasteiger partial charge in [-0.15, -0.1) is 0 Å². The molecule has 1 rings (SSSR count). The van der Waals surface area contributed by atoms with Crippen LogP contribution >= 0.6 is 10.7 Å². The lowest BCUT2D eigenvalue weighted by Gasteiger charge is -2.12. The highest BCUT2D eigenvalue weighted by atomic mass is 35.7. The van der Waals surface area contributed by atoms with E-state index in [2.05, 4.69) is 0 Å². The number of hydrogen-bond acceptors (Lipinski definition) is 3. The van der Waals surface area contributed by atoms with Gasteiger partial charge in [0, 0.05) is 10.7 Å². The first-order valence-corrected chi connectivity index (χ1v) is 7.06. The largest absolute Gasteiger partial charge is 0.373 e. The number of rotatable bonds is 5. The van der Waals surface area contributed by atoms with Crippen LogP contribution in [0.4, 0.5) is 0 Å². The highest BCUT2D eigenvalue weighted by Crippen LogP contribution is 2.15. The molecule has 3 nitrogen and oxygen atoms in total. The van der Waals surface area contributed by atoms with Crippen LogP contribution < -0.4 is 0 Å². The van der Waals surface area contributed by atoms with Gasteiger partial charge in [0.2, 0.25) is 9.05 Å². The van der Waals surface area contributed by atoms with Crippen molar-refractivity contribution in [3.63, 3.8) is 0 Å². The summed E-state index contributed by atoms with van der Waals surface area (Å²) < 4.78 is 26.6. The smallest absolute Gasteiger partial charge is 0.234 e. The molecule has 1 aromatic carbocycles. The van der Waals surface area contributed by atoms with E-state index in [1.54, 1.807) is 0 Å². The molecule has 0 fully saturated rings. The van der Waals surface area contributed by atoms with Crippen molar-refractivity contribution in [3.8, 4) is 0 Å². The Morgan fingerprint density at radius 2 is 1.93 bits per heavy atom. The number of hydrogen-bond donors (Lipinski definition) is 0. The van der Waals surface area contributed by atoms with Gasteiger partial charge in [-0.3, -0.25) is 0 Å². The maximum Gasteiger partial charge on any atom is 0.234 e. The molecular formula is C10H13ClO3S. The lowest BCUT2D eigenvalue weighted by molar-refractivity contribution is 0.0779. The van der Waals surface area contributed by atoms with Gasteiger partial charge in [-0.25, -0.2) is 8.42 Å². The highest BCUT2D eigenvalue weighted by molar-refractivity contribution is 8.13. The van der Waals surface area contributed by atoms with Crippen molar-refractivity contribution in [1.82, 2.24) is 0 Å². The van der Waals surface area contributed by atoms with E-state index >= 15 is 0 Å². The Morgan fingerprint density at radius 1 is 1.33 bits per heavy atom. The Bertz CT molecular complexity index is 388. The molecule has 5 heteroatoms. The maximum absolute atomic E-state index is 10.6. The summed E-state index contributed by atoms with van der Waals surface area (Å²) in [7, 11) is 1.60. The quantitative estimate of drug-likeness (QED) is 0.752. The average Bonchev–Trinajstić information content (AvgIpc) is 2.17. The summed E-state index contributed by atoms with van der Waals surface area (Å²) in [4.78, 5) is 0. The van der Waals surface area contributed by atoms with E-state index in [0.29, 0.717) is 0 Å². The molecule has 1 unspecified atom stereocenters. The lowest BCUT2D eigenvalue weighted by Crippen LogP contribution is -2.09. The molecule has 0 aliphatic heterocycles. The molecule has 1 atom stereocenters. The van der Waals surface area contributed by atoms with Gasteiger partial charge in [0.15, 0.2) is 0 Å².